The summed E-state index contributed by atoms with van der Waals surface area (Å²) in [4.78, 5) is 25.0. The molecule has 28 heavy (non-hydrogen) atoms. The molecule has 142 valence electrons. The van der Waals surface area contributed by atoms with E-state index in [0.29, 0.717) is 31.6 Å². The maximum Gasteiger partial charge on any atom is 0.233 e. The van der Waals surface area contributed by atoms with Crippen molar-refractivity contribution in [2.75, 3.05) is 0 Å². The van der Waals surface area contributed by atoms with Gasteiger partial charge in [-0.2, -0.15) is 0 Å². The van der Waals surface area contributed by atoms with Crippen molar-refractivity contribution in [2.45, 2.75) is 0 Å². The van der Waals surface area contributed by atoms with Gasteiger partial charge in [0.2, 0.25) is 11.6 Å². The molecule has 0 unspecified atom stereocenters. The van der Waals surface area contributed by atoms with Crippen molar-refractivity contribution in [3.63, 3.8) is 0 Å². The quantitative estimate of drug-likeness (QED) is 0.199. The number of hydrogen-bond donors (Lipinski definition) is 0. The van der Waals surface area contributed by atoms with Gasteiger partial charge in [-0.25, -0.2) is 0 Å². The van der Waals surface area contributed by atoms with E-state index in [4.69, 9.17) is 4.74 Å². The van der Waals surface area contributed by atoms with Crippen LogP contribution in [0.5, 0.6) is 11.5 Å². The lowest BCUT2D eigenvalue weighted by Crippen LogP contribution is -2.14. The smallest absolute Gasteiger partial charge is 0.233 e. The number of rotatable bonds is 5. The lowest BCUT2D eigenvalue weighted by atomic mass is 10.0. The zero-order valence-corrected chi connectivity index (χ0v) is 21.7. The Hall–Kier alpha value is -0.800. The first-order chi connectivity index (χ1) is 13.2. The number of carbonyl (C=O) groups excluding carboxylic acids is 2. The van der Waals surface area contributed by atoms with Gasteiger partial charge in [0.15, 0.2) is 5.75 Å². The minimum atomic E-state index is -0.581. The summed E-state index contributed by atoms with van der Waals surface area (Å²) in [5, 5.41) is 0. The van der Waals surface area contributed by atoms with E-state index in [1.165, 1.54) is 0 Å². The summed E-state index contributed by atoms with van der Waals surface area (Å²) in [5.41, 5.74) is 0.608. The summed E-state index contributed by atoms with van der Waals surface area (Å²) >= 11 is 17.0. The molecule has 0 bridgehead atoms. The molecule has 0 saturated carbocycles. The average molecular weight is 697 g/mol. The summed E-state index contributed by atoms with van der Waals surface area (Å²) in [5.74, 6) is -0.00752. The number of halogens is 5. The maximum atomic E-state index is 12.5. The zero-order chi connectivity index (χ0) is 20.4. The molecule has 0 aromatic heterocycles. The monoisotopic (exact) mass is 692 g/mol. The number of benzene rings is 3. The molecule has 0 radical (unpaired) electrons. The van der Waals surface area contributed by atoms with Gasteiger partial charge >= 0.3 is 0 Å². The normalized spacial score (nSPS) is 10.6. The number of ether oxygens (including phenoxy) is 1. The third-order valence-electron chi connectivity index (χ3n) is 3.63. The van der Waals surface area contributed by atoms with Crippen molar-refractivity contribution in [3.05, 3.63) is 88.1 Å². The van der Waals surface area contributed by atoms with Crippen LogP contribution in [-0.2, 0) is 0 Å². The predicted octanol–water partition coefficient (Wildman–Crippen LogP) is 8.36. The molecule has 0 N–H and O–H groups in total. The third kappa shape index (κ3) is 5.21. The number of hydrogen-bond acceptors (Lipinski definition) is 3. The second kappa shape index (κ2) is 9.34. The molecule has 3 nitrogen and oxygen atoms in total. The van der Waals surface area contributed by atoms with Gasteiger partial charge in [-0.1, -0.05) is 47.8 Å². The van der Waals surface area contributed by atoms with E-state index in [0.717, 1.165) is 13.4 Å². The van der Waals surface area contributed by atoms with Crippen LogP contribution in [0, 0.1) is 0 Å². The Bertz CT molecular complexity index is 1030. The lowest BCUT2D eigenvalue weighted by Gasteiger charge is -2.11. The molecule has 0 heterocycles. The Balaban J connectivity index is 1.80. The van der Waals surface area contributed by atoms with Crippen molar-refractivity contribution in [1.82, 2.24) is 0 Å². The first-order valence-electron chi connectivity index (χ1n) is 7.72. The van der Waals surface area contributed by atoms with Crippen LogP contribution in [0.3, 0.4) is 0 Å². The van der Waals surface area contributed by atoms with Crippen LogP contribution in [0.1, 0.15) is 20.7 Å². The fourth-order valence-corrected chi connectivity index (χ4v) is 6.08. The molecule has 0 fully saturated rings. The molecule has 0 aliphatic rings. The van der Waals surface area contributed by atoms with E-state index in [2.05, 4.69) is 79.6 Å². The van der Waals surface area contributed by atoms with Crippen molar-refractivity contribution >= 4 is 91.2 Å². The molecule has 3 rings (SSSR count). The minimum absolute atomic E-state index is 0.294. The summed E-state index contributed by atoms with van der Waals surface area (Å²) in [6, 6.07) is 15.2. The molecule has 0 aliphatic carbocycles. The number of ketones is 2. The predicted molar refractivity (Wildman–Crippen MR) is 127 cm³/mol. The van der Waals surface area contributed by atoms with Gasteiger partial charge in [-0.3, -0.25) is 9.59 Å². The molecule has 3 aromatic rings. The van der Waals surface area contributed by atoms with E-state index < -0.39 is 11.6 Å². The highest BCUT2D eigenvalue weighted by Crippen LogP contribution is 2.39. The fraction of sp³-hybridized carbons (Fsp3) is 0. The summed E-state index contributed by atoms with van der Waals surface area (Å²) in [6.45, 7) is 0. The van der Waals surface area contributed by atoms with E-state index in [1.54, 1.807) is 42.5 Å². The van der Waals surface area contributed by atoms with E-state index >= 15 is 0 Å². The molecule has 0 atom stereocenters. The van der Waals surface area contributed by atoms with Gasteiger partial charge in [-0.15, -0.1) is 0 Å². The Morgan fingerprint density at radius 2 is 1.07 bits per heavy atom. The standard InChI is InChI=1S/C20H9Br5O3/c21-12-5-11(6-13(22)7-12)19(27)18(26)10-1-3-15(4-2-10)28-20-16(24)8-14(23)9-17(20)25/h1-9H. The number of Topliss-reactive ketones (excluding diaryl/α,β-unsaturated/α-hetero) is 2. The molecular weight excluding hydrogens is 688 g/mol. The van der Waals surface area contributed by atoms with Crippen molar-refractivity contribution < 1.29 is 14.3 Å². The topological polar surface area (TPSA) is 43.4 Å². The Labute approximate surface area is 203 Å². The molecule has 3 aromatic carbocycles. The maximum absolute atomic E-state index is 12.5. The van der Waals surface area contributed by atoms with Gasteiger partial charge in [0.25, 0.3) is 0 Å². The Morgan fingerprint density at radius 3 is 1.61 bits per heavy atom. The summed E-state index contributed by atoms with van der Waals surface area (Å²) in [6.07, 6.45) is 0. The number of carbonyl (C=O) groups is 2. The van der Waals surface area contributed by atoms with Gasteiger partial charge in [0, 0.05) is 24.5 Å². The van der Waals surface area contributed by atoms with Crippen LogP contribution in [-0.4, -0.2) is 11.6 Å². The molecule has 8 heteroatoms. The van der Waals surface area contributed by atoms with Crippen LogP contribution in [0.15, 0.2) is 77.0 Å². The molecule has 0 spiro atoms. The highest BCUT2D eigenvalue weighted by Gasteiger charge is 2.19. The second-order valence-electron chi connectivity index (χ2n) is 5.64. The van der Waals surface area contributed by atoms with Crippen LogP contribution in [0.2, 0.25) is 0 Å². The van der Waals surface area contributed by atoms with Crippen molar-refractivity contribution in [2.24, 2.45) is 0 Å². The van der Waals surface area contributed by atoms with Gasteiger partial charge in [0.05, 0.1) is 8.95 Å². The largest absolute Gasteiger partial charge is 0.455 e. The first kappa shape index (κ1) is 21.9. The average Bonchev–Trinajstić information content (AvgIpc) is 2.63. The van der Waals surface area contributed by atoms with Crippen molar-refractivity contribution in [3.8, 4) is 11.5 Å². The highest BCUT2D eigenvalue weighted by atomic mass is 79.9. The lowest BCUT2D eigenvalue weighted by molar-refractivity contribution is 0.0817. The van der Waals surface area contributed by atoms with Crippen LogP contribution < -0.4 is 4.74 Å². The van der Waals surface area contributed by atoms with Crippen molar-refractivity contribution in [1.29, 1.82) is 0 Å². The zero-order valence-electron chi connectivity index (χ0n) is 13.8. The van der Waals surface area contributed by atoms with Gasteiger partial charge < -0.3 is 4.74 Å². The molecule has 0 amide bonds. The summed E-state index contributed by atoms with van der Waals surface area (Å²) in [7, 11) is 0. The van der Waals surface area contributed by atoms with E-state index in [1.807, 2.05) is 12.1 Å². The highest BCUT2D eigenvalue weighted by molar-refractivity contribution is 9.12. The van der Waals surface area contributed by atoms with Gasteiger partial charge in [-0.05, 0) is 86.5 Å². The van der Waals surface area contributed by atoms with Gasteiger partial charge in [0.1, 0.15) is 5.75 Å². The second-order valence-corrected chi connectivity index (χ2v) is 10.1. The Morgan fingerprint density at radius 1 is 0.607 bits per heavy atom. The molecular formula is C20H9Br5O3. The first-order valence-corrected chi connectivity index (χ1v) is 11.7. The van der Waals surface area contributed by atoms with Crippen LogP contribution in [0.4, 0.5) is 0 Å². The Kier molecular flexibility index (Phi) is 7.31. The summed E-state index contributed by atoms with van der Waals surface area (Å²) < 4.78 is 9.75. The van der Waals surface area contributed by atoms with Crippen LogP contribution >= 0.6 is 79.6 Å². The fourth-order valence-electron chi connectivity index (χ4n) is 2.37. The van der Waals surface area contributed by atoms with E-state index in [-0.39, 0.29) is 0 Å². The SMILES string of the molecule is O=C(C(=O)c1cc(Br)cc(Br)c1)c1ccc(Oc2c(Br)cc(Br)cc2Br)cc1. The van der Waals surface area contributed by atoms with E-state index in [9.17, 15) is 9.59 Å². The molecule has 0 saturated heterocycles. The minimum Gasteiger partial charge on any atom is -0.455 e. The van der Waals surface area contributed by atoms with Crippen LogP contribution in [0.25, 0.3) is 0 Å². The molecule has 0 aliphatic heterocycles. The third-order valence-corrected chi connectivity index (χ3v) is 6.18.